The van der Waals surface area contributed by atoms with E-state index in [-0.39, 0.29) is 11.7 Å². The van der Waals surface area contributed by atoms with Gasteiger partial charge in [-0.25, -0.2) is 0 Å². The van der Waals surface area contributed by atoms with E-state index in [2.05, 4.69) is 10.9 Å². The SMILES string of the molecule is C/C=C(/NNC(=O)Cc1cccn1C)c1ccc(O)cc1. The third-order valence-electron chi connectivity index (χ3n) is 3.20. The molecule has 110 valence electrons. The molecule has 5 nitrogen and oxygen atoms in total. The van der Waals surface area contributed by atoms with Gasteiger partial charge in [-0.1, -0.05) is 6.08 Å². The quantitative estimate of drug-likeness (QED) is 0.736. The number of benzene rings is 1. The maximum absolute atomic E-state index is 11.9. The number of carbonyl (C=O) groups excluding carboxylic acids is 1. The minimum atomic E-state index is -0.116. The van der Waals surface area contributed by atoms with Crippen LogP contribution < -0.4 is 10.9 Å². The monoisotopic (exact) mass is 285 g/mol. The van der Waals surface area contributed by atoms with E-state index in [1.807, 2.05) is 42.9 Å². The van der Waals surface area contributed by atoms with Gasteiger partial charge in [0.2, 0.25) is 5.91 Å². The van der Waals surface area contributed by atoms with Crippen molar-refractivity contribution in [1.82, 2.24) is 15.4 Å². The van der Waals surface area contributed by atoms with E-state index >= 15 is 0 Å². The highest BCUT2D eigenvalue weighted by Crippen LogP contribution is 2.15. The Bertz CT molecular complexity index is 642. The molecular weight excluding hydrogens is 266 g/mol. The first kappa shape index (κ1) is 14.7. The van der Waals surface area contributed by atoms with Crippen molar-refractivity contribution in [2.75, 3.05) is 0 Å². The van der Waals surface area contributed by atoms with Gasteiger partial charge >= 0.3 is 0 Å². The van der Waals surface area contributed by atoms with Crippen molar-refractivity contribution in [2.24, 2.45) is 7.05 Å². The molecule has 0 radical (unpaired) electrons. The fraction of sp³-hybridized carbons (Fsp3) is 0.188. The molecule has 1 aromatic carbocycles. The van der Waals surface area contributed by atoms with Crippen LogP contribution >= 0.6 is 0 Å². The van der Waals surface area contributed by atoms with Crippen molar-refractivity contribution in [3.63, 3.8) is 0 Å². The predicted molar refractivity (Wildman–Crippen MR) is 82.2 cm³/mol. The van der Waals surface area contributed by atoms with Gasteiger partial charge in [0, 0.05) is 18.9 Å². The smallest absolute Gasteiger partial charge is 0.244 e. The van der Waals surface area contributed by atoms with Gasteiger partial charge in [-0.2, -0.15) is 0 Å². The predicted octanol–water partition coefficient (Wildman–Crippen LogP) is 1.95. The van der Waals surface area contributed by atoms with Crippen LogP contribution in [0.1, 0.15) is 18.2 Å². The van der Waals surface area contributed by atoms with E-state index in [1.165, 1.54) is 0 Å². The third kappa shape index (κ3) is 3.89. The van der Waals surface area contributed by atoms with Gasteiger partial charge in [-0.15, -0.1) is 0 Å². The summed E-state index contributed by atoms with van der Waals surface area (Å²) in [4.78, 5) is 11.9. The standard InChI is InChI=1S/C16H19N3O2/c1-3-15(12-6-8-14(20)9-7-12)17-18-16(21)11-13-5-4-10-19(13)2/h3-10,17,20H,11H2,1-2H3,(H,18,21)/b15-3+. The molecule has 2 rings (SSSR count). The van der Waals surface area contributed by atoms with Crippen molar-refractivity contribution < 1.29 is 9.90 Å². The number of rotatable bonds is 5. The van der Waals surface area contributed by atoms with Gasteiger partial charge in [0.25, 0.3) is 0 Å². The zero-order valence-electron chi connectivity index (χ0n) is 12.1. The van der Waals surface area contributed by atoms with E-state index in [1.54, 1.807) is 24.3 Å². The molecule has 0 aliphatic carbocycles. The van der Waals surface area contributed by atoms with Gasteiger partial charge in [0.15, 0.2) is 0 Å². The average Bonchev–Trinajstić information content (AvgIpc) is 2.87. The second-order valence-electron chi connectivity index (χ2n) is 4.71. The molecule has 0 saturated carbocycles. The number of hydrogen-bond donors (Lipinski definition) is 3. The highest BCUT2D eigenvalue weighted by atomic mass is 16.3. The Morgan fingerprint density at radius 1 is 1.24 bits per heavy atom. The molecule has 5 heteroatoms. The number of nitrogens with zero attached hydrogens (tertiary/aromatic N) is 1. The number of hydrazine groups is 1. The lowest BCUT2D eigenvalue weighted by molar-refractivity contribution is -0.121. The molecule has 0 aliphatic heterocycles. The summed E-state index contributed by atoms with van der Waals surface area (Å²) in [7, 11) is 1.91. The van der Waals surface area contributed by atoms with E-state index in [0.717, 1.165) is 17.0 Å². The van der Waals surface area contributed by atoms with Crippen molar-refractivity contribution in [1.29, 1.82) is 0 Å². The molecule has 0 atom stereocenters. The highest BCUT2D eigenvalue weighted by Gasteiger charge is 2.07. The Balaban J connectivity index is 1.93. The summed E-state index contributed by atoms with van der Waals surface area (Å²) in [5.41, 5.74) is 8.19. The van der Waals surface area contributed by atoms with Crippen LogP contribution in [0.15, 0.2) is 48.7 Å². The van der Waals surface area contributed by atoms with E-state index in [4.69, 9.17) is 0 Å². The number of phenolic OH excluding ortho intramolecular Hbond substituents is 1. The summed E-state index contributed by atoms with van der Waals surface area (Å²) >= 11 is 0. The molecule has 0 spiro atoms. The van der Waals surface area contributed by atoms with Crippen LogP contribution in [-0.2, 0) is 18.3 Å². The lowest BCUT2D eigenvalue weighted by Gasteiger charge is -2.12. The molecule has 1 amide bonds. The van der Waals surface area contributed by atoms with E-state index in [0.29, 0.717) is 6.42 Å². The summed E-state index contributed by atoms with van der Waals surface area (Å²) in [5, 5.41) is 9.29. The number of aryl methyl sites for hydroxylation is 1. The van der Waals surface area contributed by atoms with Gasteiger partial charge in [0.05, 0.1) is 12.1 Å². The van der Waals surface area contributed by atoms with E-state index < -0.39 is 0 Å². The number of hydrogen-bond acceptors (Lipinski definition) is 3. The fourth-order valence-corrected chi connectivity index (χ4v) is 1.98. The summed E-state index contributed by atoms with van der Waals surface area (Å²) in [6.07, 6.45) is 4.07. The first-order valence-corrected chi connectivity index (χ1v) is 6.71. The van der Waals surface area contributed by atoms with Gasteiger partial charge in [0.1, 0.15) is 5.75 Å². The zero-order chi connectivity index (χ0) is 15.2. The molecule has 0 aliphatic rings. The second-order valence-corrected chi connectivity index (χ2v) is 4.71. The average molecular weight is 285 g/mol. The summed E-state index contributed by atoms with van der Waals surface area (Å²) < 4.78 is 1.91. The van der Waals surface area contributed by atoms with Crippen LogP contribution in [0.5, 0.6) is 5.75 Å². The lowest BCUT2D eigenvalue weighted by Crippen LogP contribution is -2.37. The minimum absolute atomic E-state index is 0.116. The minimum Gasteiger partial charge on any atom is -0.508 e. The molecular formula is C16H19N3O2. The van der Waals surface area contributed by atoms with Gasteiger partial charge in [-0.05, 0) is 48.9 Å². The van der Waals surface area contributed by atoms with E-state index in [9.17, 15) is 9.90 Å². The Kier molecular flexibility index (Phi) is 4.66. The Morgan fingerprint density at radius 3 is 2.52 bits per heavy atom. The molecule has 1 heterocycles. The van der Waals surface area contributed by atoms with Gasteiger partial charge in [-0.3, -0.25) is 15.6 Å². The van der Waals surface area contributed by atoms with Crippen molar-refractivity contribution in [3.05, 3.63) is 59.9 Å². The molecule has 0 bridgehead atoms. The normalized spacial score (nSPS) is 11.2. The number of carbonyl (C=O) groups is 1. The Hall–Kier alpha value is -2.69. The number of aromatic nitrogens is 1. The molecule has 0 saturated heterocycles. The van der Waals surface area contributed by atoms with Crippen LogP contribution in [0.4, 0.5) is 0 Å². The van der Waals surface area contributed by atoms with Crippen molar-refractivity contribution in [2.45, 2.75) is 13.3 Å². The lowest BCUT2D eigenvalue weighted by atomic mass is 10.1. The van der Waals surface area contributed by atoms with Crippen LogP contribution in [0, 0.1) is 0 Å². The topological polar surface area (TPSA) is 66.3 Å². The highest BCUT2D eigenvalue weighted by molar-refractivity contribution is 5.79. The maximum atomic E-state index is 11.9. The van der Waals surface area contributed by atoms with Crippen LogP contribution in [0.25, 0.3) is 5.70 Å². The third-order valence-corrected chi connectivity index (χ3v) is 3.20. The Labute approximate surface area is 123 Å². The Morgan fingerprint density at radius 2 is 1.95 bits per heavy atom. The number of amides is 1. The zero-order valence-corrected chi connectivity index (χ0v) is 12.1. The fourth-order valence-electron chi connectivity index (χ4n) is 1.98. The van der Waals surface area contributed by atoms with Crippen molar-refractivity contribution in [3.8, 4) is 5.75 Å². The van der Waals surface area contributed by atoms with Crippen LogP contribution in [-0.4, -0.2) is 15.6 Å². The molecule has 0 fully saturated rings. The second kappa shape index (κ2) is 6.65. The van der Waals surface area contributed by atoms with Crippen LogP contribution in [0.2, 0.25) is 0 Å². The first-order chi connectivity index (χ1) is 10.1. The maximum Gasteiger partial charge on any atom is 0.244 e. The number of aromatic hydroxyl groups is 1. The summed E-state index contributed by atoms with van der Waals surface area (Å²) in [5.74, 6) is 0.0943. The largest absolute Gasteiger partial charge is 0.508 e. The number of allylic oxidation sites excluding steroid dienone is 1. The summed E-state index contributed by atoms with van der Waals surface area (Å²) in [6, 6.07) is 10.6. The van der Waals surface area contributed by atoms with Crippen LogP contribution in [0.3, 0.4) is 0 Å². The molecule has 1 aromatic heterocycles. The van der Waals surface area contributed by atoms with Gasteiger partial charge < -0.3 is 9.67 Å². The first-order valence-electron chi connectivity index (χ1n) is 6.71. The molecule has 3 N–H and O–H groups in total. The molecule has 2 aromatic rings. The summed E-state index contributed by atoms with van der Waals surface area (Å²) in [6.45, 7) is 1.87. The molecule has 21 heavy (non-hydrogen) atoms. The number of nitrogens with one attached hydrogen (secondary N) is 2. The molecule has 0 unspecified atom stereocenters. The number of phenols is 1. The van der Waals surface area contributed by atoms with Crippen molar-refractivity contribution >= 4 is 11.6 Å².